The maximum absolute atomic E-state index is 13.7. The van der Waals surface area contributed by atoms with Crippen LogP contribution in [-0.4, -0.2) is 24.2 Å². The Balaban J connectivity index is 1.70. The smallest absolute Gasteiger partial charge is 0.271 e. The molecule has 1 fully saturated rings. The molecule has 0 saturated carbocycles. The number of hydrogen-bond donors (Lipinski definition) is 0. The second-order valence-corrected chi connectivity index (χ2v) is 10.8. The first kappa shape index (κ1) is 26.7. The molecule has 0 spiro atoms. The average molecular weight is 512 g/mol. The molecule has 0 unspecified atom stereocenters. The van der Waals surface area contributed by atoms with Gasteiger partial charge in [0.05, 0.1) is 16.3 Å². The molecule has 192 valence electrons. The fourth-order valence-electron chi connectivity index (χ4n) is 4.39. The largest absolute Gasteiger partial charge is 0.372 e. The quantitative estimate of drug-likeness (QED) is 0.285. The standard InChI is InChI=1S/C32H37N3OS/c1-7-17-34(18-8-2)28-15-11-26(12-16-28)21-30-31(36)35(29-14-10-23(4)25(6)20-29)32(37-30)33-27-13-9-22(3)24(5)19-27/h9-16,19-21H,7-8,17-18H2,1-6H3. The minimum Gasteiger partial charge on any atom is -0.372 e. The topological polar surface area (TPSA) is 35.9 Å². The molecule has 0 radical (unpaired) electrons. The van der Waals surface area contributed by atoms with Gasteiger partial charge in [0.1, 0.15) is 0 Å². The Labute approximate surface area is 226 Å². The molecule has 4 nitrogen and oxygen atoms in total. The molecule has 3 aromatic carbocycles. The lowest BCUT2D eigenvalue weighted by Gasteiger charge is -2.23. The Morgan fingerprint density at radius 2 is 1.43 bits per heavy atom. The number of amidine groups is 1. The van der Waals surface area contributed by atoms with Gasteiger partial charge in [0.15, 0.2) is 5.17 Å². The molecule has 0 aliphatic carbocycles. The van der Waals surface area contributed by atoms with Crippen LogP contribution < -0.4 is 9.80 Å². The highest BCUT2D eigenvalue weighted by Gasteiger charge is 2.35. The van der Waals surface area contributed by atoms with Crippen LogP contribution in [0.1, 0.15) is 54.5 Å². The van der Waals surface area contributed by atoms with Crippen LogP contribution in [0, 0.1) is 27.7 Å². The van der Waals surface area contributed by atoms with E-state index in [1.807, 2.05) is 18.2 Å². The summed E-state index contributed by atoms with van der Waals surface area (Å²) in [5, 5.41) is 0.677. The molecule has 37 heavy (non-hydrogen) atoms. The zero-order valence-corrected chi connectivity index (χ0v) is 23.7. The Morgan fingerprint density at radius 3 is 2.03 bits per heavy atom. The van der Waals surface area contributed by atoms with Crippen LogP contribution in [0.3, 0.4) is 0 Å². The van der Waals surface area contributed by atoms with Crippen molar-refractivity contribution in [2.24, 2.45) is 4.99 Å². The predicted octanol–water partition coefficient (Wildman–Crippen LogP) is 8.36. The summed E-state index contributed by atoms with van der Waals surface area (Å²) in [7, 11) is 0. The summed E-state index contributed by atoms with van der Waals surface area (Å²) in [5.74, 6) is -0.0431. The third kappa shape index (κ3) is 6.16. The fourth-order valence-corrected chi connectivity index (χ4v) is 5.39. The van der Waals surface area contributed by atoms with E-state index in [-0.39, 0.29) is 5.91 Å². The van der Waals surface area contributed by atoms with Crippen molar-refractivity contribution in [1.29, 1.82) is 0 Å². The van der Waals surface area contributed by atoms with E-state index in [0.717, 1.165) is 48.4 Å². The first-order valence-electron chi connectivity index (χ1n) is 13.1. The van der Waals surface area contributed by atoms with Crippen LogP contribution in [0.5, 0.6) is 0 Å². The summed E-state index contributed by atoms with van der Waals surface area (Å²) in [6.07, 6.45) is 4.22. The average Bonchev–Trinajstić information content (AvgIpc) is 3.17. The number of aryl methyl sites for hydroxylation is 4. The number of rotatable bonds is 8. The van der Waals surface area contributed by atoms with Gasteiger partial charge in [-0.1, -0.05) is 38.1 Å². The summed E-state index contributed by atoms with van der Waals surface area (Å²) in [5.41, 5.74) is 8.70. The van der Waals surface area contributed by atoms with Crippen molar-refractivity contribution in [3.8, 4) is 0 Å². The van der Waals surface area contributed by atoms with Gasteiger partial charge in [-0.3, -0.25) is 9.69 Å². The van der Waals surface area contributed by atoms with Crippen molar-refractivity contribution >= 4 is 46.0 Å². The second-order valence-electron chi connectivity index (χ2n) is 9.76. The molecular weight excluding hydrogens is 474 g/mol. The molecule has 4 rings (SSSR count). The molecule has 5 heteroatoms. The third-order valence-corrected chi connectivity index (χ3v) is 7.78. The Bertz CT molecular complexity index is 1330. The molecular formula is C32H37N3OS. The number of nitrogens with zero attached hydrogens (tertiary/aromatic N) is 3. The fraction of sp³-hybridized carbons (Fsp3) is 0.312. The van der Waals surface area contributed by atoms with E-state index in [2.05, 4.69) is 95.0 Å². The number of anilines is 2. The van der Waals surface area contributed by atoms with E-state index in [1.165, 1.54) is 34.1 Å². The van der Waals surface area contributed by atoms with Gasteiger partial charge in [-0.05, 0) is 123 Å². The lowest BCUT2D eigenvalue weighted by molar-refractivity contribution is -0.113. The summed E-state index contributed by atoms with van der Waals surface area (Å²) in [6.45, 7) is 14.9. The second kappa shape index (κ2) is 11.8. The Hall–Kier alpha value is -3.31. The molecule has 0 aromatic heterocycles. The summed E-state index contributed by atoms with van der Waals surface area (Å²) in [4.78, 5) is 23.5. The van der Waals surface area contributed by atoms with Crippen LogP contribution in [0.15, 0.2) is 70.6 Å². The third-order valence-electron chi connectivity index (χ3n) is 6.81. The monoisotopic (exact) mass is 511 g/mol. The van der Waals surface area contributed by atoms with Gasteiger partial charge in [0, 0.05) is 18.8 Å². The van der Waals surface area contributed by atoms with Crippen LogP contribution >= 0.6 is 11.8 Å². The minimum absolute atomic E-state index is 0.0431. The van der Waals surface area contributed by atoms with Crippen LogP contribution in [0.2, 0.25) is 0 Å². The number of carbonyl (C=O) groups excluding carboxylic acids is 1. The van der Waals surface area contributed by atoms with Crippen LogP contribution in [-0.2, 0) is 4.79 Å². The van der Waals surface area contributed by atoms with E-state index in [1.54, 1.807) is 4.90 Å². The molecule has 0 N–H and O–H groups in total. The number of benzene rings is 3. The molecule has 1 amide bonds. The highest BCUT2D eigenvalue weighted by molar-refractivity contribution is 8.19. The van der Waals surface area contributed by atoms with E-state index in [4.69, 9.17) is 4.99 Å². The lowest BCUT2D eigenvalue weighted by Crippen LogP contribution is -2.28. The molecule has 3 aromatic rings. The van der Waals surface area contributed by atoms with E-state index < -0.39 is 0 Å². The van der Waals surface area contributed by atoms with Gasteiger partial charge in [-0.15, -0.1) is 0 Å². The predicted molar refractivity (Wildman–Crippen MR) is 161 cm³/mol. The number of carbonyl (C=O) groups is 1. The normalized spacial score (nSPS) is 15.7. The zero-order chi connectivity index (χ0) is 26.5. The van der Waals surface area contributed by atoms with Gasteiger partial charge >= 0.3 is 0 Å². The van der Waals surface area contributed by atoms with Gasteiger partial charge in [0.2, 0.25) is 0 Å². The number of aliphatic imine (C=N–C) groups is 1. The van der Waals surface area contributed by atoms with E-state index >= 15 is 0 Å². The number of thioether (sulfide) groups is 1. The van der Waals surface area contributed by atoms with Gasteiger partial charge in [0.25, 0.3) is 5.91 Å². The maximum atomic E-state index is 13.7. The molecule has 1 saturated heterocycles. The molecule has 0 atom stereocenters. The highest BCUT2D eigenvalue weighted by atomic mass is 32.2. The molecule has 1 heterocycles. The highest BCUT2D eigenvalue weighted by Crippen LogP contribution is 2.38. The summed E-state index contributed by atoms with van der Waals surface area (Å²) >= 11 is 1.44. The minimum atomic E-state index is -0.0431. The van der Waals surface area contributed by atoms with Crippen molar-refractivity contribution < 1.29 is 4.79 Å². The number of amides is 1. The summed E-state index contributed by atoms with van der Waals surface area (Å²) < 4.78 is 0. The lowest BCUT2D eigenvalue weighted by atomic mass is 10.1. The molecule has 0 bridgehead atoms. The van der Waals surface area contributed by atoms with Crippen molar-refractivity contribution in [2.75, 3.05) is 22.9 Å². The van der Waals surface area contributed by atoms with E-state index in [9.17, 15) is 4.79 Å². The van der Waals surface area contributed by atoms with Crippen molar-refractivity contribution in [3.05, 3.63) is 93.4 Å². The van der Waals surface area contributed by atoms with Crippen molar-refractivity contribution in [3.63, 3.8) is 0 Å². The molecule has 1 aliphatic rings. The van der Waals surface area contributed by atoms with Crippen LogP contribution in [0.25, 0.3) is 6.08 Å². The van der Waals surface area contributed by atoms with Gasteiger partial charge in [-0.25, -0.2) is 4.99 Å². The first-order valence-corrected chi connectivity index (χ1v) is 13.9. The molecule has 1 aliphatic heterocycles. The van der Waals surface area contributed by atoms with Gasteiger partial charge < -0.3 is 4.90 Å². The maximum Gasteiger partial charge on any atom is 0.271 e. The van der Waals surface area contributed by atoms with Crippen LogP contribution in [0.4, 0.5) is 17.1 Å². The Kier molecular flexibility index (Phi) is 8.55. The van der Waals surface area contributed by atoms with Crippen molar-refractivity contribution in [2.45, 2.75) is 54.4 Å². The Morgan fingerprint density at radius 1 is 0.811 bits per heavy atom. The number of hydrogen-bond acceptors (Lipinski definition) is 4. The SMILES string of the molecule is CCCN(CCC)c1ccc(C=C2SC(=Nc3ccc(C)c(C)c3)N(c3ccc(C)c(C)c3)C2=O)cc1. The first-order chi connectivity index (χ1) is 17.8. The van der Waals surface area contributed by atoms with E-state index in [0.29, 0.717) is 10.1 Å². The van der Waals surface area contributed by atoms with Crippen molar-refractivity contribution in [1.82, 2.24) is 0 Å². The van der Waals surface area contributed by atoms with Gasteiger partial charge in [-0.2, -0.15) is 0 Å². The zero-order valence-electron chi connectivity index (χ0n) is 22.8. The summed E-state index contributed by atoms with van der Waals surface area (Å²) in [6, 6.07) is 20.8.